The Morgan fingerprint density at radius 2 is 2.10 bits per heavy atom. The van der Waals surface area contributed by atoms with E-state index in [1.165, 1.54) is 0 Å². The molecule has 0 radical (unpaired) electrons. The van der Waals surface area contributed by atoms with Gasteiger partial charge in [-0.25, -0.2) is 4.98 Å². The molecule has 0 aliphatic carbocycles. The van der Waals surface area contributed by atoms with E-state index < -0.39 is 0 Å². The molecular weight excluding hydrogens is 264 g/mol. The molecule has 0 atom stereocenters. The second kappa shape index (κ2) is 5.17. The topological polar surface area (TPSA) is 87.9 Å². The van der Waals surface area contributed by atoms with E-state index in [4.69, 9.17) is 15.4 Å². The third-order valence-corrected chi connectivity index (χ3v) is 3.39. The third kappa shape index (κ3) is 2.39. The number of para-hydroxylation sites is 1. The molecule has 3 aromatic rings. The first-order chi connectivity index (χ1) is 10.2. The molecule has 5 nitrogen and oxygen atoms in total. The lowest BCUT2D eigenvalue weighted by molar-refractivity contribution is 0.573. The normalized spacial score (nSPS) is 10.5. The molecule has 21 heavy (non-hydrogen) atoms. The average Bonchev–Trinajstić information content (AvgIpc) is 2.81. The fourth-order valence-corrected chi connectivity index (χ4v) is 2.29. The van der Waals surface area contributed by atoms with Crippen LogP contribution in [0.2, 0.25) is 0 Å². The van der Waals surface area contributed by atoms with Crippen LogP contribution in [0.15, 0.2) is 40.8 Å². The van der Waals surface area contributed by atoms with E-state index in [2.05, 4.69) is 10.3 Å². The van der Waals surface area contributed by atoms with Crippen molar-refractivity contribution in [3.63, 3.8) is 0 Å². The van der Waals surface area contributed by atoms with Gasteiger partial charge in [0.25, 0.3) is 0 Å². The predicted molar refractivity (Wildman–Crippen MR) is 81.6 cm³/mol. The molecule has 0 amide bonds. The number of hydrogen-bond donors (Lipinski definition) is 2. The second-order valence-corrected chi connectivity index (χ2v) is 4.73. The highest BCUT2D eigenvalue weighted by molar-refractivity contribution is 5.82. The Morgan fingerprint density at radius 3 is 2.86 bits per heavy atom. The first-order valence-corrected chi connectivity index (χ1v) is 6.56. The van der Waals surface area contributed by atoms with Crippen molar-refractivity contribution >= 4 is 22.6 Å². The number of hydrogen-bond acceptors (Lipinski definition) is 5. The van der Waals surface area contributed by atoms with Gasteiger partial charge in [-0.2, -0.15) is 5.26 Å². The summed E-state index contributed by atoms with van der Waals surface area (Å²) in [5.74, 6) is 1.75. The number of nitriles is 1. The molecular formula is C16H14N4O. The van der Waals surface area contributed by atoms with E-state index >= 15 is 0 Å². The van der Waals surface area contributed by atoms with Crippen molar-refractivity contribution in [3.8, 4) is 6.07 Å². The van der Waals surface area contributed by atoms with Gasteiger partial charge in [0.05, 0.1) is 5.56 Å². The van der Waals surface area contributed by atoms with Crippen LogP contribution >= 0.6 is 0 Å². The zero-order valence-electron chi connectivity index (χ0n) is 11.6. The van der Waals surface area contributed by atoms with Gasteiger partial charge < -0.3 is 15.5 Å². The van der Waals surface area contributed by atoms with E-state index in [0.717, 1.165) is 22.3 Å². The lowest BCUT2D eigenvalue weighted by Gasteiger charge is -2.06. The molecule has 0 bridgehead atoms. The van der Waals surface area contributed by atoms with Crippen molar-refractivity contribution in [3.05, 3.63) is 53.3 Å². The van der Waals surface area contributed by atoms with Crippen molar-refractivity contribution in [2.24, 2.45) is 0 Å². The number of anilines is 2. The van der Waals surface area contributed by atoms with E-state index in [0.29, 0.717) is 17.9 Å². The van der Waals surface area contributed by atoms with Gasteiger partial charge in [-0.05, 0) is 25.1 Å². The van der Waals surface area contributed by atoms with Crippen LogP contribution in [-0.4, -0.2) is 4.98 Å². The van der Waals surface area contributed by atoms with Crippen LogP contribution in [0.25, 0.3) is 11.0 Å². The van der Waals surface area contributed by atoms with Crippen LogP contribution in [-0.2, 0) is 6.54 Å². The molecule has 104 valence electrons. The summed E-state index contributed by atoms with van der Waals surface area (Å²) in [6, 6.07) is 13.3. The lowest BCUT2D eigenvalue weighted by atomic mass is 10.1. The van der Waals surface area contributed by atoms with Crippen LogP contribution in [0.4, 0.5) is 11.6 Å². The Morgan fingerprint density at radius 1 is 1.29 bits per heavy atom. The lowest BCUT2D eigenvalue weighted by Crippen LogP contribution is -2.04. The summed E-state index contributed by atoms with van der Waals surface area (Å²) in [4.78, 5) is 4.17. The number of benzene rings is 1. The Hall–Kier alpha value is -3.00. The van der Waals surface area contributed by atoms with Crippen molar-refractivity contribution < 1.29 is 4.42 Å². The van der Waals surface area contributed by atoms with E-state index in [1.807, 2.05) is 37.3 Å². The summed E-state index contributed by atoms with van der Waals surface area (Å²) in [6.07, 6.45) is 0. The maximum Gasteiger partial charge on any atom is 0.143 e. The molecule has 0 saturated carbocycles. The molecule has 0 aliphatic heterocycles. The highest BCUT2D eigenvalue weighted by atomic mass is 16.3. The molecule has 0 aliphatic rings. The van der Waals surface area contributed by atoms with Gasteiger partial charge in [-0.15, -0.1) is 0 Å². The Balaban J connectivity index is 1.85. The Labute approximate surface area is 122 Å². The standard InChI is InChI=1S/C16H14N4O/c1-10-13(12-4-2-3-5-14(12)21-10)9-19-15-7-6-11(8-17)16(18)20-15/h2-7H,9H2,1H3,(H3,18,19,20). The minimum Gasteiger partial charge on any atom is -0.461 e. The van der Waals surface area contributed by atoms with Crippen molar-refractivity contribution in [2.45, 2.75) is 13.5 Å². The number of nitrogens with one attached hydrogen (secondary N) is 1. The van der Waals surface area contributed by atoms with E-state index in [1.54, 1.807) is 12.1 Å². The summed E-state index contributed by atoms with van der Waals surface area (Å²) in [7, 11) is 0. The smallest absolute Gasteiger partial charge is 0.143 e. The monoisotopic (exact) mass is 278 g/mol. The molecule has 2 aromatic heterocycles. The number of nitrogens with two attached hydrogens (primary N) is 1. The van der Waals surface area contributed by atoms with E-state index in [-0.39, 0.29) is 5.82 Å². The van der Waals surface area contributed by atoms with Gasteiger partial charge in [0.2, 0.25) is 0 Å². The quantitative estimate of drug-likeness (QED) is 0.768. The SMILES string of the molecule is Cc1oc2ccccc2c1CNc1ccc(C#N)c(N)n1. The van der Waals surface area contributed by atoms with Crippen LogP contribution in [0.3, 0.4) is 0 Å². The van der Waals surface area contributed by atoms with Crippen molar-refractivity contribution in [1.82, 2.24) is 4.98 Å². The maximum absolute atomic E-state index is 8.84. The minimum absolute atomic E-state index is 0.233. The minimum atomic E-state index is 0.233. The predicted octanol–water partition coefficient (Wildman–Crippen LogP) is 3.20. The van der Waals surface area contributed by atoms with Crippen molar-refractivity contribution in [2.75, 3.05) is 11.1 Å². The summed E-state index contributed by atoms with van der Waals surface area (Å²) in [6.45, 7) is 2.53. The van der Waals surface area contributed by atoms with Crippen LogP contribution in [0.5, 0.6) is 0 Å². The number of rotatable bonds is 3. The fraction of sp³-hybridized carbons (Fsp3) is 0.125. The summed E-state index contributed by atoms with van der Waals surface area (Å²) in [5.41, 5.74) is 8.06. The maximum atomic E-state index is 8.84. The largest absolute Gasteiger partial charge is 0.461 e. The van der Waals surface area contributed by atoms with Crippen LogP contribution < -0.4 is 11.1 Å². The van der Waals surface area contributed by atoms with Gasteiger partial charge >= 0.3 is 0 Å². The number of nitrogen functional groups attached to an aromatic ring is 1. The van der Waals surface area contributed by atoms with Crippen molar-refractivity contribution in [1.29, 1.82) is 5.26 Å². The number of pyridine rings is 1. The van der Waals surface area contributed by atoms with Gasteiger partial charge in [-0.1, -0.05) is 18.2 Å². The second-order valence-electron chi connectivity index (χ2n) is 4.73. The molecule has 3 rings (SSSR count). The Bertz CT molecular complexity index is 845. The molecule has 5 heteroatoms. The van der Waals surface area contributed by atoms with Gasteiger partial charge in [-0.3, -0.25) is 0 Å². The molecule has 2 heterocycles. The summed E-state index contributed by atoms with van der Waals surface area (Å²) < 4.78 is 5.72. The molecule has 0 saturated heterocycles. The number of furan rings is 1. The van der Waals surface area contributed by atoms with Gasteiger partial charge in [0.15, 0.2) is 0 Å². The molecule has 0 unspecified atom stereocenters. The molecule has 0 fully saturated rings. The van der Waals surface area contributed by atoms with E-state index in [9.17, 15) is 0 Å². The number of aromatic nitrogens is 1. The zero-order chi connectivity index (χ0) is 14.8. The summed E-state index contributed by atoms with van der Waals surface area (Å²) in [5, 5.41) is 13.1. The number of nitrogens with zero attached hydrogens (tertiary/aromatic N) is 2. The fourth-order valence-electron chi connectivity index (χ4n) is 2.29. The third-order valence-electron chi connectivity index (χ3n) is 3.39. The first kappa shape index (κ1) is 13.0. The highest BCUT2D eigenvalue weighted by Gasteiger charge is 2.10. The molecule has 3 N–H and O–H groups in total. The number of fused-ring (bicyclic) bond motifs is 1. The van der Waals surface area contributed by atoms with Gasteiger partial charge in [0.1, 0.15) is 29.0 Å². The van der Waals surface area contributed by atoms with Crippen LogP contribution in [0.1, 0.15) is 16.9 Å². The van der Waals surface area contributed by atoms with Gasteiger partial charge in [0, 0.05) is 17.5 Å². The van der Waals surface area contributed by atoms with Crippen LogP contribution in [0, 0.1) is 18.3 Å². The Kier molecular flexibility index (Phi) is 3.20. The average molecular weight is 278 g/mol. The first-order valence-electron chi connectivity index (χ1n) is 6.56. The molecule has 0 spiro atoms. The number of aryl methyl sites for hydroxylation is 1. The molecule has 1 aromatic carbocycles. The summed E-state index contributed by atoms with van der Waals surface area (Å²) >= 11 is 0. The zero-order valence-corrected chi connectivity index (χ0v) is 11.6. The highest BCUT2D eigenvalue weighted by Crippen LogP contribution is 2.26.